The maximum absolute atomic E-state index is 12.7. The highest BCUT2D eigenvalue weighted by Gasteiger charge is 2.26. The fourth-order valence-corrected chi connectivity index (χ4v) is 2.77. The minimum Gasteiger partial charge on any atom is -0.334 e. The molecule has 1 aliphatic rings. The van der Waals surface area contributed by atoms with E-state index in [0.717, 1.165) is 38.0 Å². The van der Waals surface area contributed by atoms with E-state index in [0.29, 0.717) is 12.0 Å². The summed E-state index contributed by atoms with van der Waals surface area (Å²) in [4.78, 5) is 14.7. The second-order valence-electron chi connectivity index (χ2n) is 5.92. The van der Waals surface area contributed by atoms with Gasteiger partial charge in [0.2, 0.25) is 0 Å². The number of nitrogens with one attached hydrogen (secondary N) is 1. The van der Waals surface area contributed by atoms with Crippen molar-refractivity contribution in [2.24, 2.45) is 0 Å². The van der Waals surface area contributed by atoms with Crippen molar-refractivity contribution in [3.05, 3.63) is 35.4 Å². The number of rotatable bonds is 5. The molecule has 0 spiro atoms. The molecular formula is C17H27ClN2O. The molecule has 1 saturated heterocycles. The Bertz CT molecular complexity index is 439. The van der Waals surface area contributed by atoms with Crippen molar-refractivity contribution in [3.63, 3.8) is 0 Å². The Balaban J connectivity index is 0.00000220. The molecule has 1 N–H and O–H groups in total. The van der Waals surface area contributed by atoms with E-state index in [9.17, 15) is 4.79 Å². The lowest BCUT2D eigenvalue weighted by atomic mass is 10.0. The highest BCUT2D eigenvalue weighted by molar-refractivity contribution is 5.94. The van der Waals surface area contributed by atoms with E-state index in [4.69, 9.17) is 0 Å². The average Bonchev–Trinajstić information content (AvgIpc) is 2.98. The number of amides is 1. The van der Waals surface area contributed by atoms with Gasteiger partial charge in [-0.3, -0.25) is 4.79 Å². The molecule has 0 bridgehead atoms. The number of carbonyl (C=O) groups excluding carboxylic acids is 1. The Morgan fingerprint density at radius 1 is 1.33 bits per heavy atom. The molecule has 1 unspecified atom stereocenters. The first-order valence-corrected chi connectivity index (χ1v) is 7.75. The van der Waals surface area contributed by atoms with E-state index < -0.39 is 0 Å². The second kappa shape index (κ2) is 8.40. The maximum atomic E-state index is 12.7. The topological polar surface area (TPSA) is 32.3 Å². The molecule has 0 saturated carbocycles. The predicted molar refractivity (Wildman–Crippen MR) is 90.4 cm³/mol. The van der Waals surface area contributed by atoms with Crippen molar-refractivity contribution in [2.45, 2.75) is 45.6 Å². The van der Waals surface area contributed by atoms with Crippen molar-refractivity contribution in [1.82, 2.24) is 10.2 Å². The molecule has 118 valence electrons. The number of hydrogen-bond acceptors (Lipinski definition) is 2. The van der Waals surface area contributed by atoms with E-state index in [1.165, 1.54) is 5.56 Å². The van der Waals surface area contributed by atoms with Crippen molar-refractivity contribution >= 4 is 18.3 Å². The Labute approximate surface area is 134 Å². The molecule has 1 fully saturated rings. The van der Waals surface area contributed by atoms with Crippen LogP contribution < -0.4 is 5.32 Å². The van der Waals surface area contributed by atoms with Crippen molar-refractivity contribution < 1.29 is 4.79 Å². The van der Waals surface area contributed by atoms with E-state index in [2.05, 4.69) is 38.2 Å². The fraction of sp³-hybridized carbons (Fsp3) is 0.588. The predicted octanol–water partition coefficient (Wildman–Crippen LogP) is 3.45. The lowest BCUT2D eigenvalue weighted by Gasteiger charge is -2.28. The first-order valence-electron chi connectivity index (χ1n) is 7.75. The zero-order chi connectivity index (χ0) is 14.5. The molecule has 0 aromatic heterocycles. The Morgan fingerprint density at radius 2 is 2.00 bits per heavy atom. The molecule has 1 amide bonds. The molecule has 21 heavy (non-hydrogen) atoms. The van der Waals surface area contributed by atoms with Gasteiger partial charge in [-0.15, -0.1) is 12.4 Å². The van der Waals surface area contributed by atoms with Crippen LogP contribution in [0.2, 0.25) is 0 Å². The zero-order valence-electron chi connectivity index (χ0n) is 13.3. The number of carbonyl (C=O) groups is 1. The van der Waals surface area contributed by atoms with E-state index >= 15 is 0 Å². The minimum absolute atomic E-state index is 0. The third-order valence-corrected chi connectivity index (χ3v) is 4.02. The summed E-state index contributed by atoms with van der Waals surface area (Å²) in [5, 5.41) is 3.35. The summed E-state index contributed by atoms with van der Waals surface area (Å²) in [6.45, 7) is 9.26. The number of benzene rings is 1. The molecule has 1 heterocycles. The van der Waals surface area contributed by atoms with Crippen molar-refractivity contribution in [3.8, 4) is 0 Å². The lowest BCUT2D eigenvalue weighted by molar-refractivity contribution is 0.0692. The molecule has 3 nitrogen and oxygen atoms in total. The summed E-state index contributed by atoms with van der Waals surface area (Å²) in [6, 6.07) is 8.46. The van der Waals surface area contributed by atoms with Gasteiger partial charge in [-0.25, -0.2) is 0 Å². The molecule has 2 rings (SSSR count). The van der Waals surface area contributed by atoms with E-state index in [-0.39, 0.29) is 18.3 Å². The summed E-state index contributed by atoms with van der Waals surface area (Å²) < 4.78 is 0. The van der Waals surface area contributed by atoms with Crippen LogP contribution in [0, 0.1) is 0 Å². The van der Waals surface area contributed by atoms with Gasteiger partial charge in [-0.2, -0.15) is 0 Å². The highest BCUT2D eigenvalue weighted by Crippen LogP contribution is 2.18. The van der Waals surface area contributed by atoms with Crippen LogP contribution in [0.5, 0.6) is 0 Å². The Morgan fingerprint density at radius 3 is 2.48 bits per heavy atom. The largest absolute Gasteiger partial charge is 0.334 e. The first-order chi connectivity index (χ1) is 9.63. The van der Waals surface area contributed by atoms with Crippen LogP contribution in [0.1, 0.15) is 55.5 Å². The van der Waals surface area contributed by atoms with Crippen molar-refractivity contribution in [2.75, 3.05) is 19.6 Å². The Hall–Kier alpha value is -1.06. The second-order valence-corrected chi connectivity index (χ2v) is 5.92. The van der Waals surface area contributed by atoms with Gasteiger partial charge >= 0.3 is 0 Å². The average molecular weight is 311 g/mol. The lowest BCUT2D eigenvalue weighted by Crippen LogP contribution is -2.42. The molecule has 1 aliphatic heterocycles. The normalized spacial score (nSPS) is 17.6. The third kappa shape index (κ3) is 4.45. The van der Waals surface area contributed by atoms with Crippen LogP contribution in [0.4, 0.5) is 0 Å². The van der Waals surface area contributed by atoms with E-state index in [1.807, 2.05) is 17.0 Å². The summed E-state index contributed by atoms with van der Waals surface area (Å²) >= 11 is 0. The van der Waals surface area contributed by atoms with Crippen molar-refractivity contribution in [1.29, 1.82) is 0 Å². The maximum Gasteiger partial charge on any atom is 0.254 e. The molecule has 1 aromatic carbocycles. The number of halogens is 1. The van der Waals surface area contributed by atoms with Gasteiger partial charge in [-0.1, -0.05) is 32.9 Å². The molecule has 0 aliphatic carbocycles. The minimum atomic E-state index is 0. The van der Waals surface area contributed by atoms with E-state index in [1.54, 1.807) is 0 Å². The summed E-state index contributed by atoms with van der Waals surface area (Å²) in [5.41, 5.74) is 2.10. The van der Waals surface area contributed by atoms with Gasteiger partial charge < -0.3 is 10.2 Å². The zero-order valence-corrected chi connectivity index (χ0v) is 14.1. The van der Waals surface area contributed by atoms with Crippen LogP contribution in [0.15, 0.2) is 24.3 Å². The number of hydrogen-bond donors (Lipinski definition) is 1. The highest BCUT2D eigenvalue weighted by atomic mass is 35.5. The van der Waals surface area contributed by atoms with Gasteiger partial charge in [0.1, 0.15) is 0 Å². The van der Waals surface area contributed by atoms with Crippen LogP contribution in [0.25, 0.3) is 0 Å². The summed E-state index contributed by atoms with van der Waals surface area (Å²) in [7, 11) is 0. The number of nitrogens with zero attached hydrogens (tertiary/aromatic N) is 1. The van der Waals surface area contributed by atoms with Crippen LogP contribution >= 0.6 is 12.4 Å². The molecule has 1 atom stereocenters. The van der Waals surface area contributed by atoms with Crippen LogP contribution in [0.3, 0.4) is 0 Å². The summed E-state index contributed by atoms with van der Waals surface area (Å²) in [5.74, 6) is 0.681. The van der Waals surface area contributed by atoms with Crippen LogP contribution in [-0.2, 0) is 0 Å². The quantitative estimate of drug-likeness (QED) is 0.903. The molecule has 0 radical (unpaired) electrons. The summed E-state index contributed by atoms with van der Waals surface area (Å²) in [6.07, 6.45) is 2.07. The molecular weight excluding hydrogens is 284 g/mol. The van der Waals surface area contributed by atoms with Gasteiger partial charge in [0.15, 0.2) is 0 Å². The molecule has 1 aromatic rings. The monoisotopic (exact) mass is 310 g/mol. The molecule has 4 heteroatoms. The van der Waals surface area contributed by atoms with Crippen LogP contribution in [-0.4, -0.2) is 36.5 Å². The smallest absolute Gasteiger partial charge is 0.254 e. The van der Waals surface area contributed by atoms with Gasteiger partial charge in [0, 0.05) is 24.7 Å². The SMILES string of the molecule is CCCN(C(=O)c1ccc(C(C)C)cc1)C1CCNC1.Cl. The first kappa shape index (κ1) is 18.0. The standard InChI is InChI=1S/C17H26N2O.ClH/c1-4-11-19(16-9-10-18-12-16)17(20)15-7-5-14(6-8-15)13(2)3;/h5-8,13,16,18H,4,9-12H2,1-3H3;1H. The third-order valence-electron chi connectivity index (χ3n) is 4.02. The van der Waals surface area contributed by atoms with Gasteiger partial charge in [0.25, 0.3) is 5.91 Å². The van der Waals surface area contributed by atoms with Gasteiger partial charge in [-0.05, 0) is 43.0 Å². The van der Waals surface area contributed by atoms with Gasteiger partial charge in [0.05, 0.1) is 0 Å². The fourth-order valence-electron chi connectivity index (χ4n) is 2.77. The Kier molecular flexibility index (Phi) is 7.20.